The first-order valence-corrected chi connectivity index (χ1v) is 5.42. The van der Waals surface area contributed by atoms with Crippen molar-refractivity contribution in [3.8, 4) is 0 Å². The Bertz CT molecular complexity index is 291. The number of hydrogen-bond donors (Lipinski definition) is 2. The van der Waals surface area contributed by atoms with Crippen molar-refractivity contribution in [2.24, 2.45) is 0 Å². The van der Waals surface area contributed by atoms with Crippen molar-refractivity contribution in [2.75, 3.05) is 26.7 Å². The SMILES string of the molecule is COCc1ccc(C2CNCCN2)cc1. The van der Waals surface area contributed by atoms with Gasteiger partial charge in [0.2, 0.25) is 0 Å². The topological polar surface area (TPSA) is 33.3 Å². The van der Waals surface area contributed by atoms with Crippen LogP contribution in [0.5, 0.6) is 0 Å². The summed E-state index contributed by atoms with van der Waals surface area (Å²) in [6.45, 7) is 3.82. The van der Waals surface area contributed by atoms with E-state index in [9.17, 15) is 0 Å². The van der Waals surface area contributed by atoms with E-state index in [1.807, 2.05) is 0 Å². The van der Waals surface area contributed by atoms with E-state index in [2.05, 4.69) is 34.9 Å². The van der Waals surface area contributed by atoms with Gasteiger partial charge in [-0.2, -0.15) is 0 Å². The number of rotatable bonds is 3. The Balaban J connectivity index is 2.02. The summed E-state index contributed by atoms with van der Waals surface area (Å²) in [4.78, 5) is 0. The number of hydrogen-bond acceptors (Lipinski definition) is 3. The lowest BCUT2D eigenvalue weighted by atomic mass is 10.0. The third-order valence-electron chi connectivity index (χ3n) is 2.73. The molecule has 0 spiro atoms. The summed E-state index contributed by atoms with van der Waals surface area (Å²) in [7, 11) is 1.72. The number of benzene rings is 1. The van der Waals surface area contributed by atoms with Crippen molar-refractivity contribution in [1.29, 1.82) is 0 Å². The van der Waals surface area contributed by atoms with Crippen molar-refractivity contribution in [2.45, 2.75) is 12.6 Å². The fraction of sp³-hybridized carbons (Fsp3) is 0.500. The second-order valence-electron chi connectivity index (χ2n) is 3.89. The van der Waals surface area contributed by atoms with Crippen molar-refractivity contribution in [3.63, 3.8) is 0 Å². The molecule has 0 radical (unpaired) electrons. The van der Waals surface area contributed by atoms with Crippen LogP contribution in [0.1, 0.15) is 17.2 Å². The number of nitrogens with one attached hydrogen (secondary N) is 2. The van der Waals surface area contributed by atoms with Crippen LogP contribution in [0.3, 0.4) is 0 Å². The van der Waals surface area contributed by atoms with E-state index in [-0.39, 0.29) is 0 Å². The largest absolute Gasteiger partial charge is 0.380 e. The van der Waals surface area contributed by atoms with E-state index in [0.717, 1.165) is 19.6 Å². The molecule has 1 aliphatic heterocycles. The third-order valence-corrected chi connectivity index (χ3v) is 2.73. The van der Waals surface area contributed by atoms with Gasteiger partial charge in [0.15, 0.2) is 0 Å². The first-order valence-electron chi connectivity index (χ1n) is 5.42. The lowest BCUT2D eigenvalue weighted by Crippen LogP contribution is -2.42. The molecule has 3 nitrogen and oxygen atoms in total. The molecule has 1 unspecified atom stereocenters. The van der Waals surface area contributed by atoms with Gasteiger partial charge in [-0.15, -0.1) is 0 Å². The van der Waals surface area contributed by atoms with Gasteiger partial charge < -0.3 is 15.4 Å². The summed E-state index contributed by atoms with van der Waals surface area (Å²) in [5.74, 6) is 0. The maximum atomic E-state index is 5.09. The smallest absolute Gasteiger partial charge is 0.0713 e. The zero-order chi connectivity index (χ0) is 10.5. The highest BCUT2D eigenvalue weighted by molar-refractivity contribution is 5.25. The summed E-state index contributed by atoms with van der Waals surface area (Å²) in [6, 6.07) is 9.08. The molecule has 1 saturated heterocycles. The Morgan fingerprint density at radius 2 is 2.07 bits per heavy atom. The van der Waals surface area contributed by atoms with Crippen LogP contribution in [0.25, 0.3) is 0 Å². The van der Waals surface area contributed by atoms with Gasteiger partial charge in [-0.05, 0) is 11.1 Å². The van der Waals surface area contributed by atoms with Crippen molar-refractivity contribution < 1.29 is 4.74 Å². The summed E-state index contributed by atoms with van der Waals surface area (Å²) >= 11 is 0. The van der Waals surface area contributed by atoms with Crippen LogP contribution in [0, 0.1) is 0 Å². The molecular weight excluding hydrogens is 188 g/mol. The van der Waals surface area contributed by atoms with Gasteiger partial charge in [0.25, 0.3) is 0 Å². The van der Waals surface area contributed by atoms with E-state index in [1.165, 1.54) is 11.1 Å². The van der Waals surface area contributed by atoms with Crippen molar-refractivity contribution in [3.05, 3.63) is 35.4 Å². The molecule has 0 bridgehead atoms. The van der Waals surface area contributed by atoms with E-state index >= 15 is 0 Å². The minimum absolute atomic E-state index is 0.454. The molecule has 82 valence electrons. The first-order chi connectivity index (χ1) is 7.40. The van der Waals surface area contributed by atoms with Crippen molar-refractivity contribution >= 4 is 0 Å². The van der Waals surface area contributed by atoms with Gasteiger partial charge in [0, 0.05) is 32.8 Å². The average molecular weight is 206 g/mol. The molecule has 3 heteroatoms. The van der Waals surface area contributed by atoms with Crippen LogP contribution < -0.4 is 10.6 Å². The molecule has 0 aromatic heterocycles. The first kappa shape index (κ1) is 10.6. The monoisotopic (exact) mass is 206 g/mol. The fourth-order valence-electron chi connectivity index (χ4n) is 1.90. The van der Waals surface area contributed by atoms with Crippen LogP contribution in [0.15, 0.2) is 24.3 Å². The molecule has 1 fully saturated rings. The molecular formula is C12H18N2O. The van der Waals surface area contributed by atoms with Gasteiger partial charge in [-0.25, -0.2) is 0 Å². The third kappa shape index (κ3) is 2.78. The van der Waals surface area contributed by atoms with E-state index < -0.39 is 0 Å². The Hall–Kier alpha value is -0.900. The van der Waals surface area contributed by atoms with E-state index in [4.69, 9.17) is 4.74 Å². The predicted molar refractivity (Wildman–Crippen MR) is 60.8 cm³/mol. The maximum Gasteiger partial charge on any atom is 0.0713 e. The molecule has 2 rings (SSSR count). The Morgan fingerprint density at radius 1 is 1.27 bits per heavy atom. The number of ether oxygens (including phenoxy) is 1. The second kappa shape index (κ2) is 5.26. The highest BCUT2D eigenvalue weighted by Crippen LogP contribution is 2.14. The molecule has 0 amide bonds. The zero-order valence-corrected chi connectivity index (χ0v) is 9.12. The summed E-state index contributed by atoms with van der Waals surface area (Å²) in [5, 5.41) is 6.88. The Kier molecular flexibility index (Phi) is 3.72. The summed E-state index contributed by atoms with van der Waals surface area (Å²) in [5.41, 5.74) is 2.58. The molecule has 1 aromatic rings. The van der Waals surface area contributed by atoms with Gasteiger partial charge in [0.1, 0.15) is 0 Å². The summed E-state index contributed by atoms with van der Waals surface area (Å²) < 4.78 is 5.09. The highest BCUT2D eigenvalue weighted by atomic mass is 16.5. The van der Waals surface area contributed by atoms with Crippen LogP contribution in [0.2, 0.25) is 0 Å². The van der Waals surface area contributed by atoms with Gasteiger partial charge in [-0.1, -0.05) is 24.3 Å². The van der Waals surface area contributed by atoms with E-state index in [0.29, 0.717) is 12.6 Å². The number of methoxy groups -OCH3 is 1. The lowest BCUT2D eigenvalue weighted by molar-refractivity contribution is 0.185. The standard InChI is InChI=1S/C12H18N2O/c1-15-9-10-2-4-11(5-3-10)12-8-13-6-7-14-12/h2-5,12-14H,6-9H2,1H3. The molecule has 15 heavy (non-hydrogen) atoms. The van der Waals surface area contributed by atoms with E-state index in [1.54, 1.807) is 7.11 Å². The van der Waals surface area contributed by atoms with Crippen LogP contribution in [0.4, 0.5) is 0 Å². The molecule has 1 atom stereocenters. The Labute approximate surface area is 90.8 Å². The summed E-state index contributed by atoms with van der Waals surface area (Å²) in [6.07, 6.45) is 0. The number of piperazine rings is 1. The van der Waals surface area contributed by atoms with Crippen molar-refractivity contribution in [1.82, 2.24) is 10.6 Å². The van der Waals surface area contributed by atoms with Crippen LogP contribution in [-0.2, 0) is 11.3 Å². The average Bonchev–Trinajstić information content (AvgIpc) is 2.32. The molecule has 1 aliphatic rings. The Morgan fingerprint density at radius 3 is 2.67 bits per heavy atom. The van der Waals surface area contributed by atoms with Crippen LogP contribution in [-0.4, -0.2) is 26.7 Å². The minimum atomic E-state index is 0.454. The molecule has 0 saturated carbocycles. The quantitative estimate of drug-likeness (QED) is 0.776. The minimum Gasteiger partial charge on any atom is -0.380 e. The zero-order valence-electron chi connectivity index (χ0n) is 9.12. The van der Waals surface area contributed by atoms with Crippen LogP contribution >= 0.6 is 0 Å². The molecule has 0 aliphatic carbocycles. The highest BCUT2D eigenvalue weighted by Gasteiger charge is 2.13. The van der Waals surface area contributed by atoms with Gasteiger partial charge in [0.05, 0.1) is 6.61 Å². The molecule has 2 N–H and O–H groups in total. The van der Waals surface area contributed by atoms with Gasteiger partial charge >= 0.3 is 0 Å². The lowest BCUT2D eigenvalue weighted by Gasteiger charge is -2.24. The second-order valence-corrected chi connectivity index (χ2v) is 3.89. The molecule has 1 aromatic carbocycles. The molecule has 1 heterocycles. The fourth-order valence-corrected chi connectivity index (χ4v) is 1.90. The predicted octanol–water partition coefficient (Wildman–Crippen LogP) is 1.07. The van der Waals surface area contributed by atoms with Gasteiger partial charge in [-0.3, -0.25) is 0 Å². The maximum absolute atomic E-state index is 5.09. The normalized spacial score (nSPS) is 21.5.